The number of benzene rings is 9. The Hall–Kier alpha value is -7.10. The molecule has 0 atom stereocenters. The first-order valence-corrected chi connectivity index (χ1v) is 21.5. The minimum absolute atomic E-state index is 0.00131. The SMILES string of the molecule is CC(C)(C)c1cc(-n2c3ccccc3c3cc(N(c4ccccc4)c4cc5c(c6ccccc46)c4c6ccccc6ccc4n5-c4ccccc4)ccc32)cc(C(C)(C)C)c1. The average molecular weight is 788 g/mol. The average Bonchev–Trinajstić information content (AvgIpc) is 3.79. The number of aromatic nitrogens is 2. The molecular weight excluding hydrogens is 739 g/mol. The molecule has 0 radical (unpaired) electrons. The number of para-hydroxylation sites is 3. The highest BCUT2D eigenvalue weighted by Gasteiger charge is 2.26. The summed E-state index contributed by atoms with van der Waals surface area (Å²) in [6, 6.07) is 69.7. The van der Waals surface area contributed by atoms with Crippen molar-refractivity contribution < 1.29 is 0 Å². The highest BCUT2D eigenvalue weighted by atomic mass is 15.1. The van der Waals surface area contributed by atoms with Crippen LogP contribution in [0, 0.1) is 0 Å². The van der Waals surface area contributed by atoms with E-state index in [0.29, 0.717) is 0 Å². The summed E-state index contributed by atoms with van der Waals surface area (Å²) in [5.74, 6) is 0. The van der Waals surface area contributed by atoms with E-state index in [9.17, 15) is 0 Å². The third kappa shape index (κ3) is 5.94. The largest absolute Gasteiger partial charge is 0.310 e. The molecule has 0 saturated carbocycles. The molecule has 3 heteroatoms. The molecule has 296 valence electrons. The van der Waals surface area contributed by atoms with E-state index in [1.165, 1.54) is 82.0 Å². The summed E-state index contributed by atoms with van der Waals surface area (Å²) in [4.78, 5) is 2.47. The topological polar surface area (TPSA) is 13.1 Å². The Morgan fingerprint density at radius 3 is 1.59 bits per heavy atom. The fraction of sp³-hybridized carbons (Fsp3) is 0.138. The van der Waals surface area contributed by atoms with Crippen LogP contribution in [0.25, 0.3) is 76.5 Å². The van der Waals surface area contributed by atoms with E-state index in [-0.39, 0.29) is 10.8 Å². The molecule has 0 bridgehead atoms. The maximum Gasteiger partial charge on any atom is 0.0568 e. The van der Waals surface area contributed by atoms with Crippen LogP contribution in [0.5, 0.6) is 0 Å². The molecule has 0 saturated heterocycles. The summed E-state index contributed by atoms with van der Waals surface area (Å²) in [6.45, 7) is 13.9. The molecule has 0 aliphatic carbocycles. The van der Waals surface area contributed by atoms with Gasteiger partial charge in [0, 0.05) is 49.7 Å². The maximum absolute atomic E-state index is 2.48. The van der Waals surface area contributed by atoms with Gasteiger partial charge in [-0.15, -0.1) is 0 Å². The zero-order chi connectivity index (χ0) is 41.6. The van der Waals surface area contributed by atoms with Crippen molar-refractivity contribution in [2.75, 3.05) is 4.90 Å². The predicted molar refractivity (Wildman–Crippen MR) is 262 cm³/mol. The van der Waals surface area contributed by atoms with Gasteiger partial charge in [0.2, 0.25) is 0 Å². The smallest absolute Gasteiger partial charge is 0.0568 e. The monoisotopic (exact) mass is 787 g/mol. The van der Waals surface area contributed by atoms with E-state index in [1.807, 2.05) is 0 Å². The third-order valence-corrected chi connectivity index (χ3v) is 12.7. The molecule has 0 amide bonds. The molecule has 0 fully saturated rings. The Labute approximate surface area is 357 Å². The number of anilines is 3. The van der Waals surface area contributed by atoms with Crippen molar-refractivity contribution in [3.63, 3.8) is 0 Å². The Bertz CT molecular complexity index is 3450. The van der Waals surface area contributed by atoms with E-state index in [1.54, 1.807) is 0 Å². The van der Waals surface area contributed by atoms with Crippen molar-refractivity contribution in [2.24, 2.45) is 0 Å². The van der Waals surface area contributed by atoms with Crippen molar-refractivity contribution >= 4 is 82.2 Å². The van der Waals surface area contributed by atoms with Gasteiger partial charge >= 0.3 is 0 Å². The molecule has 0 aliphatic heterocycles. The summed E-state index contributed by atoms with van der Waals surface area (Å²) >= 11 is 0. The fourth-order valence-corrected chi connectivity index (χ4v) is 9.65. The summed E-state index contributed by atoms with van der Waals surface area (Å²) in [5, 5.41) is 9.97. The van der Waals surface area contributed by atoms with Gasteiger partial charge in [-0.05, 0) is 111 Å². The summed E-state index contributed by atoms with van der Waals surface area (Å²) < 4.78 is 4.94. The van der Waals surface area contributed by atoms with Gasteiger partial charge in [0.05, 0.1) is 27.8 Å². The number of hydrogen-bond donors (Lipinski definition) is 0. The number of hydrogen-bond acceptors (Lipinski definition) is 1. The first-order valence-electron chi connectivity index (χ1n) is 21.5. The quantitative estimate of drug-likeness (QED) is 0.169. The molecule has 9 aromatic carbocycles. The molecule has 0 aliphatic rings. The van der Waals surface area contributed by atoms with Crippen molar-refractivity contribution in [3.8, 4) is 11.4 Å². The first-order chi connectivity index (χ1) is 29.5. The molecule has 2 aromatic heterocycles. The van der Waals surface area contributed by atoms with Gasteiger partial charge in [0.25, 0.3) is 0 Å². The van der Waals surface area contributed by atoms with Crippen LogP contribution in [0.15, 0.2) is 188 Å². The van der Waals surface area contributed by atoms with E-state index in [0.717, 1.165) is 22.7 Å². The van der Waals surface area contributed by atoms with Crippen LogP contribution in [0.4, 0.5) is 17.1 Å². The van der Waals surface area contributed by atoms with Gasteiger partial charge < -0.3 is 14.0 Å². The van der Waals surface area contributed by atoms with E-state index in [2.05, 4.69) is 244 Å². The summed E-state index contributed by atoms with van der Waals surface area (Å²) in [5.41, 5.74) is 13.2. The summed E-state index contributed by atoms with van der Waals surface area (Å²) in [7, 11) is 0. The molecule has 11 aromatic rings. The Morgan fingerprint density at radius 1 is 0.344 bits per heavy atom. The van der Waals surface area contributed by atoms with Crippen molar-refractivity contribution in [1.29, 1.82) is 0 Å². The van der Waals surface area contributed by atoms with Crippen LogP contribution in [-0.4, -0.2) is 9.13 Å². The molecule has 3 nitrogen and oxygen atoms in total. The van der Waals surface area contributed by atoms with Crippen LogP contribution >= 0.6 is 0 Å². The van der Waals surface area contributed by atoms with Gasteiger partial charge in [-0.25, -0.2) is 0 Å². The van der Waals surface area contributed by atoms with Crippen molar-refractivity contribution in [1.82, 2.24) is 9.13 Å². The van der Waals surface area contributed by atoms with E-state index in [4.69, 9.17) is 0 Å². The lowest BCUT2D eigenvalue weighted by molar-refractivity contribution is 0.568. The molecule has 61 heavy (non-hydrogen) atoms. The second-order valence-corrected chi connectivity index (χ2v) is 18.7. The van der Waals surface area contributed by atoms with Crippen LogP contribution in [0.2, 0.25) is 0 Å². The standard InChI is InChI=1S/C58H49N3/c1-57(2,3)39-33-40(58(4,5)6)35-44(34-39)61-50-28-18-17-26-47(50)49-36-43(30-32-51(49)61)59(41-20-9-7-10-21-41)53-37-54-56(48-27-16-15-25-46(48)53)55-45-24-14-13-19-38(45)29-31-52(55)60(54)42-22-11-8-12-23-42/h7-37H,1-6H3. The second kappa shape index (κ2) is 13.7. The molecule has 2 heterocycles. The second-order valence-electron chi connectivity index (χ2n) is 18.7. The fourth-order valence-electron chi connectivity index (χ4n) is 9.65. The Balaban J connectivity index is 1.22. The van der Waals surface area contributed by atoms with Crippen LogP contribution in [-0.2, 0) is 10.8 Å². The zero-order valence-electron chi connectivity index (χ0n) is 35.7. The highest BCUT2D eigenvalue weighted by Crippen LogP contribution is 2.48. The van der Waals surface area contributed by atoms with Crippen LogP contribution in [0.3, 0.4) is 0 Å². The lowest BCUT2D eigenvalue weighted by atomic mass is 9.80. The molecule has 0 spiro atoms. The minimum atomic E-state index is 0.00131. The van der Waals surface area contributed by atoms with Gasteiger partial charge in [0.1, 0.15) is 0 Å². The normalized spacial score (nSPS) is 12.4. The highest BCUT2D eigenvalue weighted by molar-refractivity contribution is 6.30. The predicted octanol–water partition coefficient (Wildman–Crippen LogP) is 16.3. The molecule has 11 rings (SSSR count). The molecular formula is C58H49N3. The lowest BCUT2D eigenvalue weighted by Crippen LogP contribution is -2.17. The van der Waals surface area contributed by atoms with Crippen molar-refractivity contribution in [3.05, 3.63) is 199 Å². The third-order valence-electron chi connectivity index (χ3n) is 12.7. The van der Waals surface area contributed by atoms with Gasteiger partial charge in [-0.3, -0.25) is 0 Å². The van der Waals surface area contributed by atoms with E-state index >= 15 is 0 Å². The van der Waals surface area contributed by atoms with E-state index < -0.39 is 0 Å². The Morgan fingerprint density at radius 2 is 0.885 bits per heavy atom. The van der Waals surface area contributed by atoms with Gasteiger partial charge in [-0.2, -0.15) is 0 Å². The zero-order valence-corrected chi connectivity index (χ0v) is 35.7. The van der Waals surface area contributed by atoms with Crippen LogP contribution in [0.1, 0.15) is 52.7 Å². The minimum Gasteiger partial charge on any atom is -0.310 e. The van der Waals surface area contributed by atoms with Gasteiger partial charge in [0.15, 0.2) is 0 Å². The molecule has 0 N–H and O–H groups in total. The number of fused-ring (bicyclic) bond motifs is 10. The van der Waals surface area contributed by atoms with Crippen molar-refractivity contribution in [2.45, 2.75) is 52.4 Å². The number of nitrogens with zero attached hydrogens (tertiary/aromatic N) is 3. The maximum atomic E-state index is 2.48. The molecule has 0 unspecified atom stereocenters. The Kier molecular flexibility index (Phi) is 8.31. The van der Waals surface area contributed by atoms with Gasteiger partial charge in [-0.1, -0.05) is 157 Å². The summed E-state index contributed by atoms with van der Waals surface area (Å²) in [6.07, 6.45) is 0. The van der Waals surface area contributed by atoms with Crippen LogP contribution < -0.4 is 4.90 Å². The first kappa shape index (κ1) is 36.9. The number of rotatable bonds is 5. The lowest BCUT2D eigenvalue weighted by Gasteiger charge is -2.28.